The van der Waals surface area contributed by atoms with Crippen molar-refractivity contribution < 1.29 is 14.3 Å². The molecular formula is C19H22N2O3. The van der Waals surface area contributed by atoms with Crippen LogP contribution in [0, 0.1) is 0 Å². The molecule has 0 spiro atoms. The molecule has 24 heavy (non-hydrogen) atoms. The molecule has 0 aliphatic carbocycles. The third-order valence-electron chi connectivity index (χ3n) is 3.37. The minimum absolute atomic E-state index is 0.0314. The summed E-state index contributed by atoms with van der Waals surface area (Å²) in [6.45, 7) is 3.76. The molecule has 0 bridgehead atoms. The van der Waals surface area contributed by atoms with Crippen molar-refractivity contribution in [2.24, 2.45) is 0 Å². The van der Waals surface area contributed by atoms with Crippen LogP contribution in [0.3, 0.4) is 0 Å². The van der Waals surface area contributed by atoms with Gasteiger partial charge < -0.3 is 15.0 Å². The maximum atomic E-state index is 12.4. The van der Waals surface area contributed by atoms with Crippen LogP contribution in [-0.4, -0.2) is 31.5 Å². The quantitative estimate of drug-likeness (QED) is 0.888. The topological polar surface area (TPSA) is 58.6 Å². The molecule has 2 aromatic rings. The first kappa shape index (κ1) is 17.5. The van der Waals surface area contributed by atoms with Gasteiger partial charge in [0.05, 0.1) is 0 Å². The summed E-state index contributed by atoms with van der Waals surface area (Å²) in [6, 6.07) is 16.2. The molecular weight excluding hydrogens is 304 g/mol. The second kappa shape index (κ2) is 8.15. The first-order chi connectivity index (χ1) is 11.5. The molecule has 0 aliphatic heterocycles. The van der Waals surface area contributed by atoms with Gasteiger partial charge in [-0.05, 0) is 50.2 Å². The van der Waals surface area contributed by atoms with Crippen molar-refractivity contribution in [2.45, 2.75) is 19.9 Å². The molecule has 0 heterocycles. The van der Waals surface area contributed by atoms with Crippen molar-refractivity contribution in [3.05, 3.63) is 60.2 Å². The number of ether oxygens (including phenoxy) is 1. The summed E-state index contributed by atoms with van der Waals surface area (Å²) in [4.78, 5) is 25.5. The fourth-order valence-electron chi connectivity index (χ4n) is 2.17. The fourth-order valence-corrected chi connectivity index (χ4v) is 2.17. The van der Waals surface area contributed by atoms with E-state index in [9.17, 15) is 9.59 Å². The van der Waals surface area contributed by atoms with Crippen LogP contribution >= 0.6 is 0 Å². The van der Waals surface area contributed by atoms with Gasteiger partial charge in [0.1, 0.15) is 5.75 Å². The van der Waals surface area contributed by atoms with Crippen LogP contribution in [0.1, 0.15) is 24.2 Å². The molecule has 0 saturated heterocycles. The Morgan fingerprint density at radius 2 is 1.67 bits per heavy atom. The molecule has 1 N–H and O–H groups in total. The van der Waals surface area contributed by atoms with Crippen molar-refractivity contribution in [1.29, 1.82) is 0 Å². The monoisotopic (exact) mass is 326 g/mol. The summed E-state index contributed by atoms with van der Waals surface area (Å²) >= 11 is 0. The maximum Gasteiger partial charge on any atom is 0.258 e. The van der Waals surface area contributed by atoms with Gasteiger partial charge in [-0.2, -0.15) is 0 Å². The number of amides is 2. The summed E-state index contributed by atoms with van der Waals surface area (Å²) in [7, 11) is 1.72. The van der Waals surface area contributed by atoms with Crippen molar-refractivity contribution in [1.82, 2.24) is 5.32 Å². The molecule has 0 atom stereocenters. The van der Waals surface area contributed by atoms with Crippen LogP contribution in [-0.2, 0) is 4.79 Å². The van der Waals surface area contributed by atoms with E-state index in [0.29, 0.717) is 11.3 Å². The molecule has 2 rings (SSSR count). The van der Waals surface area contributed by atoms with E-state index in [4.69, 9.17) is 4.74 Å². The van der Waals surface area contributed by atoms with Gasteiger partial charge in [-0.3, -0.25) is 9.59 Å². The Labute approximate surface area is 142 Å². The van der Waals surface area contributed by atoms with Crippen LogP contribution < -0.4 is 15.0 Å². The minimum atomic E-state index is -0.162. The predicted molar refractivity (Wildman–Crippen MR) is 94.4 cm³/mol. The Morgan fingerprint density at radius 1 is 1.04 bits per heavy atom. The number of rotatable bonds is 6. The molecule has 0 saturated carbocycles. The summed E-state index contributed by atoms with van der Waals surface area (Å²) < 4.78 is 5.43. The highest BCUT2D eigenvalue weighted by Crippen LogP contribution is 2.20. The SMILES string of the molecule is CC(C)NC(=O)COc1ccc(N(C)C(=O)c2ccccc2)cc1. The number of carbonyl (C=O) groups excluding carboxylic acids is 2. The van der Waals surface area contributed by atoms with Crippen LogP contribution in [0.25, 0.3) is 0 Å². The number of anilines is 1. The highest BCUT2D eigenvalue weighted by Gasteiger charge is 2.13. The highest BCUT2D eigenvalue weighted by molar-refractivity contribution is 6.05. The Kier molecular flexibility index (Phi) is 5.95. The maximum absolute atomic E-state index is 12.4. The van der Waals surface area contributed by atoms with E-state index < -0.39 is 0 Å². The predicted octanol–water partition coefficient (Wildman–Crippen LogP) is 2.87. The van der Waals surface area contributed by atoms with Crippen molar-refractivity contribution in [2.75, 3.05) is 18.6 Å². The number of hydrogen-bond acceptors (Lipinski definition) is 3. The van der Waals surface area contributed by atoms with Crippen LogP contribution in [0.4, 0.5) is 5.69 Å². The van der Waals surface area contributed by atoms with Crippen LogP contribution in [0.5, 0.6) is 5.75 Å². The second-order valence-electron chi connectivity index (χ2n) is 5.73. The van der Waals surface area contributed by atoms with Crippen molar-refractivity contribution >= 4 is 17.5 Å². The number of hydrogen-bond donors (Lipinski definition) is 1. The number of nitrogens with zero attached hydrogens (tertiary/aromatic N) is 1. The lowest BCUT2D eigenvalue weighted by molar-refractivity contribution is -0.123. The summed E-state index contributed by atoms with van der Waals surface area (Å²) in [6.07, 6.45) is 0. The highest BCUT2D eigenvalue weighted by atomic mass is 16.5. The van der Waals surface area contributed by atoms with E-state index >= 15 is 0 Å². The van der Waals surface area contributed by atoms with E-state index in [1.54, 1.807) is 48.3 Å². The molecule has 2 amide bonds. The molecule has 2 aromatic carbocycles. The number of nitrogens with one attached hydrogen (secondary N) is 1. The molecule has 0 radical (unpaired) electrons. The van der Waals surface area contributed by atoms with Gasteiger partial charge in [0, 0.05) is 24.3 Å². The third kappa shape index (κ3) is 4.84. The van der Waals surface area contributed by atoms with Gasteiger partial charge >= 0.3 is 0 Å². The minimum Gasteiger partial charge on any atom is -0.484 e. The molecule has 0 aromatic heterocycles. The van der Waals surface area contributed by atoms with E-state index in [0.717, 1.165) is 5.69 Å². The summed E-state index contributed by atoms with van der Waals surface area (Å²) in [5, 5.41) is 2.76. The molecule has 5 heteroatoms. The summed E-state index contributed by atoms with van der Waals surface area (Å²) in [5.74, 6) is 0.337. The molecule has 0 aliphatic rings. The van der Waals surface area contributed by atoms with Gasteiger partial charge in [0.25, 0.3) is 11.8 Å². The second-order valence-corrected chi connectivity index (χ2v) is 5.73. The number of benzene rings is 2. The zero-order valence-electron chi connectivity index (χ0n) is 14.2. The Hall–Kier alpha value is -2.82. The van der Waals surface area contributed by atoms with E-state index in [2.05, 4.69) is 5.32 Å². The lowest BCUT2D eigenvalue weighted by Crippen LogP contribution is -2.34. The zero-order valence-corrected chi connectivity index (χ0v) is 14.2. The Balaban J connectivity index is 1.96. The smallest absolute Gasteiger partial charge is 0.258 e. The van der Waals surface area contributed by atoms with Gasteiger partial charge in [0.15, 0.2) is 6.61 Å². The molecule has 0 unspecified atom stereocenters. The zero-order chi connectivity index (χ0) is 17.5. The number of carbonyl (C=O) groups is 2. The van der Waals surface area contributed by atoms with Crippen molar-refractivity contribution in [3.8, 4) is 5.75 Å². The van der Waals surface area contributed by atoms with Crippen LogP contribution in [0.15, 0.2) is 54.6 Å². The lowest BCUT2D eigenvalue weighted by atomic mass is 10.2. The Morgan fingerprint density at radius 3 is 2.25 bits per heavy atom. The molecule has 5 nitrogen and oxygen atoms in total. The molecule has 0 fully saturated rings. The largest absolute Gasteiger partial charge is 0.484 e. The average molecular weight is 326 g/mol. The van der Waals surface area contributed by atoms with E-state index in [1.807, 2.05) is 32.0 Å². The third-order valence-corrected chi connectivity index (χ3v) is 3.37. The van der Waals surface area contributed by atoms with E-state index in [1.165, 1.54) is 0 Å². The van der Waals surface area contributed by atoms with Crippen molar-refractivity contribution in [3.63, 3.8) is 0 Å². The normalized spacial score (nSPS) is 10.3. The first-order valence-corrected chi connectivity index (χ1v) is 7.82. The molecule has 126 valence electrons. The summed E-state index contributed by atoms with van der Waals surface area (Å²) in [5.41, 5.74) is 1.38. The fraction of sp³-hybridized carbons (Fsp3) is 0.263. The Bertz CT molecular complexity index is 682. The van der Waals surface area contributed by atoms with Gasteiger partial charge in [-0.1, -0.05) is 18.2 Å². The lowest BCUT2D eigenvalue weighted by Gasteiger charge is -2.18. The average Bonchev–Trinajstić information content (AvgIpc) is 2.59. The van der Waals surface area contributed by atoms with Gasteiger partial charge in [0.2, 0.25) is 0 Å². The van der Waals surface area contributed by atoms with E-state index in [-0.39, 0.29) is 24.5 Å². The first-order valence-electron chi connectivity index (χ1n) is 7.82. The van der Waals surface area contributed by atoms with Gasteiger partial charge in [-0.15, -0.1) is 0 Å². The standard InChI is InChI=1S/C19H22N2O3/c1-14(2)20-18(22)13-24-17-11-9-16(10-12-17)21(3)19(23)15-7-5-4-6-8-15/h4-12,14H,13H2,1-3H3,(H,20,22). The van der Waals surface area contributed by atoms with Gasteiger partial charge in [-0.25, -0.2) is 0 Å². The van der Waals surface area contributed by atoms with Crippen LogP contribution in [0.2, 0.25) is 0 Å².